The molecule has 36 heavy (non-hydrogen) atoms. The first-order valence-corrected chi connectivity index (χ1v) is 12.7. The minimum atomic E-state index is -0.954. The number of carbonyl (C=O) groups excluding carboxylic acids is 2. The van der Waals surface area contributed by atoms with Crippen LogP contribution in [0.3, 0.4) is 0 Å². The zero-order valence-electron chi connectivity index (χ0n) is 20.6. The summed E-state index contributed by atoms with van der Waals surface area (Å²) in [5.74, 6) is 0.414. The van der Waals surface area contributed by atoms with Crippen LogP contribution in [0.25, 0.3) is 22.0 Å². The van der Waals surface area contributed by atoms with Gasteiger partial charge in [-0.1, -0.05) is 24.3 Å². The number of halogens is 1. The fourth-order valence-electron chi connectivity index (χ4n) is 5.42. The maximum atomic E-state index is 15.6. The van der Waals surface area contributed by atoms with E-state index in [9.17, 15) is 9.59 Å². The molecule has 3 aliphatic rings. The van der Waals surface area contributed by atoms with E-state index in [0.717, 1.165) is 47.8 Å². The molecule has 3 aromatic rings. The number of fused-ring (bicyclic) bond motifs is 1. The van der Waals surface area contributed by atoms with Crippen molar-refractivity contribution in [3.8, 4) is 11.1 Å². The fraction of sp³-hybridized carbons (Fsp3) is 0.379. The monoisotopic (exact) mass is 484 g/mol. The summed E-state index contributed by atoms with van der Waals surface area (Å²) < 4.78 is 15.6. The van der Waals surface area contributed by atoms with Crippen LogP contribution in [0.4, 0.5) is 4.39 Å². The maximum absolute atomic E-state index is 15.6. The predicted octanol–water partition coefficient (Wildman–Crippen LogP) is 4.67. The SMILES string of the molecule is CC1(C)N=C(c2ccc(-c3cccc4ncccc34)cc2F)N(C[C@@H]2CCN(C(=O)C3CC3)C2)C1=O. The molecule has 1 atom stereocenters. The van der Waals surface area contributed by atoms with Crippen molar-refractivity contribution in [3.05, 3.63) is 66.1 Å². The largest absolute Gasteiger partial charge is 0.342 e. The number of hydrogen-bond acceptors (Lipinski definition) is 4. The van der Waals surface area contributed by atoms with Crippen molar-refractivity contribution in [2.24, 2.45) is 16.8 Å². The lowest BCUT2D eigenvalue weighted by atomic mass is 9.98. The van der Waals surface area contributed by atoms with E-state index in [1.54, 1.807) is 31.0 Å². The Morgan fingerprint density at radius 2 is 1.92 bits per heavy atom. The smallest absolute Gasteiger partial charge is 0.255 e. The lowest BCUT2D eigenvalue weighted by molar-refractivity contribution is -0.131. The van der Waals surface area contributed by atoms with Crippen molar-refractivity contribution in [2.75, 3.05) is 19.6 Å². The van der Waals surface area contributed by atoms with Crippen LogP contribution in [-0.4, -0.2) is 57.6 Å². The third-order valence-electron chi connectivity index (χ3n) is 7.54. The van der Waals surface area contributed by atoms with Gasteiger partial charge in [0.15, 0.2) is 0 Å². The Morgan fingerprint density at radius 3 is 2.69 bits per heavy atom. The van der Waals surface area contributed by atoms with E-state index >= 15 is 4.39 Å². The number of carbonyl (C=O) groups is 2. The number of nitrogens with zero attached hydrogens (tertiary/aromatic N) is 4. The van der Waals surface area contributed by atoms with Crippen molar-refractivity contribution in [3.63, 3.8) is 0 Å². The van der Waals surface area contributed by atoms with Crippen molar-refractivity contribution >= 4 is 28.6 Å². The van der Waals surface area contributed by atoms with Gasteiger partial charge in [0.25, 0.3) is 5.91 Å². The molecule has 2 fully saturated rings. The van der Waals surface area contributed by atoms with E-state index in [2.05, 4.69) is 9.98 Å². The van der Waals surface area contributed by atoms with Gasteiger partial charge in [-0.2, -0.15) is 0 Å². The molecule has 7 heteroatoms. The number of amides is 2. The van der Waals surface area contributed by atoms with Crippen LogP contribution in [0.15, 0.2) is 59.7 Å². The first-order chi connectivity index (χ1) is 17.3. The lowest BCUT2D eigenvalue weighted by Crippen LogP contribution is -2.43. The molecule has 2 amide bonds. The summed E-state index contributed by atoms with van der Waals surface area (Å²) in [6.07, 6.45) is 4.56. The Labute approximate surface area is 209 Å². The molecular formula is C29H29FN4O2. The summed E-state index contributed by atoms with van der Waals surface area (Å²) in [4.78, 5) is 38.4. The first kappa shape index (κ1) is 22.8. The van der Waals surface area contributed by atoms with E-state index in [4.69, 9.17) is 0 Å². The number of amidine groups is 1. The number of aromatic nitrogens is 1. The van der Waals surface area contributed by atoms with Crippen molar-refractivity contribution in [2.45, 2.75) is 38.6 Å². The Hall–Kier alpha value is -3.61. The Kier molecular flexibility index (Phi) is 5.39. The molecule has 0 spiro atoms. The van der Waals surface area contributed by atoms with Gasteiger partial charge in [0.2, 0.25) is 5.91 Å². The van der Waals surface area contributed by atoms with Crippen molar-refractivity contribution in [1.82, 2.24) is 14.8 Å². The highest BCUT2D eigenvalue weighted by Gasteiger charge is 2.44. The van der Waals surface area contributed by atoms with E-state index in [1.165, 1.54) is 6.07 Å². The maximum Gasteiger partial charge on any atom is 0.255 e. The van der Waals surface area contributed by atoms with Gasteiger partial charge in [-0.15, -0.1) is 0 Å². The van der Waals surface area contributed by atoms with Crippen LogP contribution >= 0.6 is 0 Å². The number of likely N-dealkylation sites (tertiary alicyclic amines) is 1. The summed E-state index contributed by atoms with van der Waals surface area (Å²) >= 11 is 0. The molecule has 0 bridgehead atoms. The van der Waals surface area contributed by atoms with E-state index < -0.39 is 11.4 Å². The summed E-state index contributed by atoms with van der Waals surface area (Å²) in [5, 5.41) is 0.954. The minimum absolute atomic E-state index is 0.131. The zero-order chi connectivity index (χ0) is 25.0. The van der Waals surface area contributed by atoms with Gasteiger partial charge in [0.1, 0.15) is 17.2 Å². The highest BCUT2D eigenvalue weighted by molar-refractivity contribution is 6.15. The molecule has 184 valence electrons. The predicted molar refractivity (Wildman–Crippen MR) is 137 cm³/mol. The Morgan fingerprint density at radius 1 is 1.08 bits per heavy atom. The number of rotatable bonds is 5. The molecule has 0 radical (unpaired) electrons. The lowest BCUT2D eigenvalue weighted by Gasteiger charge is -2.25. The Balaban J connectivity index is 1.28. The third-order valence-corrected chi connectivity index (χ3v) is 7.54. The molecule has 1 aliphatic carbocycles. The van der Waals surface area contributed by atoms with E-state index in [0.29, 0.717) is 24.5 Å². The summed E-state index contributed by atoms with van der Waals surface area (Å²) in [6.45, 7) is 5.33. The van der Waals surface area contributed by atoms with Gasteiger partial charge >= 0.3 is 0 Å². The van der Waals surface area contributed by atoms with Crippen molar-refractivity contribution < 1.29 is 14.0 Å². The molecular weight excluding hydrogens is 455 g/mol. The quantitative estimate of drug-likeness (QED) is 0.529. The topological polar surface area (TPSA) is 65.9 Å². The molecule has 0 N–H and O–H groups in total. The minimum Gasteiger partial charge on any atom is -0.342 e. The van der Waals surface area contributed by atoms with Crippen LogP contribution in [0.2, 0.25) is 0 Å². The normalized spacial score (nSPS) is 21.4. The number of benzene rings is 2. The molecule has 6 nitrogen and oxygen atoms in total. The van der Waals surface area contributed by atoms with Crippen molar-refractivity contribution in [1.29, 1.82) is 0 Å². The second kappa shape index (κ2) is 8.50. The van der Waals surface area contributed by atoms with Gasteiger partial charge in [0.05, 0.1) is 11.1 Å². The molecule has 2 aromatic carbocycles. The van der Waals surface area contributed by atoms with Crippen LogP contribution in [0, 0.1) is 17.7 Å². The average Bonchev–Trinajstić information content (AvgIpc) is 3.58. The highest BCUT2D eigenvalue weighted by Crippen LogP contribution is 2.35. The molecule has 1 saturated carbocycles. The second-order valence-corrected chi connectivity index (χ2v) is 10.7. The molecule has 2 aliphatic heterocycles. The standard InChI is InChI=1S/C29H29FN4O2/c1-29(2)28(36)34(17-18-12-14-33(16-18)27(35)19-8-9-19)26(32-29)23-11-10-20(15-24(23)30)21-5-3-7-25-22(21)6-4-13-31-25/h3-7,10-11,13,15,18-19H,8-9,12,14,16-17H2,1-2H3/t18-/m1/s1. The average molecular weight is 485 g/mol. The summed E-state index contributed by atoms with van der Waals surface area (Å²) in [7, 11) is 0. The molecule has 1 aromatic heterocycles. The van der Waals surface area contributed by atoms with Gasteiger partial charge in [-0.25, -0.2) is 4.39 Å². The van der Waals surface area contributed by atoms with Gasteiger partial charge in [-0.05, 0) is 74.4 Å². The Bertz CT molecular complexity index is 1410. The highest BCUT2D eigenvalue weighted by atomic mass is 19.1. The molecule has 0 unspecified atom stereocenters. The summed E-state index contributed by atoms with van der Waals surface area (Å²) in [5.41, 5.74) is 1.86. The molecule has 1 saturated heterocycles. The first-order valence-electron chi connectivity index (χ1n) is 12.7. The molecule has 3 heterocycles. The van der Waals surface area contributed by atoms with Gasteiger partial charge in [0, 0.05) is 37.1 Å². The van der Waals surface area contributed by atoms with Crippen LogP contribution in [0.1, 0.15) is 38.7 Å². The number of pyridine rings is 1. The molecule has 6 rings (SSSR count). The number of hydrogen-bond donors (Lipinski definition) is 0. The van der Waals surface area contributed by atoms with E-state index in [1.807, 2.05) is 41.3 Å². The zero-order valence-corrected chi connectivity index (χ0v) is 20.6. The summed E-state index contributed by atoms with van der Waals surface area (Å²) in [6, 6.07) is 14.8. The fourth-order valence-corrected chi connectivity index (χ4v) is 5.42. The van der Waals surface area contributed by atoms with Crippen LogP contribution in [-0.2, 0) is 9.59 Å². The third kappa shape index (κ3) is 3.96. The van der Waals surface area contributed by atoms with Crippen LogP contribution in [0.5, 0.6) is 0 Å². The second-order valence-electron chi connectivity index (χ2n) is 10.7. The van der Waals surface area contributed by atoms with E-state index in [-0.39, 0.29) is 23.7 Å². The van der Waals surface area contributed by atoms with Crippen LogP contribution < -0.4 is 0 Å². The number of aliphatic imine (C=N–C) groups is 1. The van der Waals surface area contributed by atoms with Gasteiger partial charge in [-0.3, -0.25) is 24.5 Å². The van der Waals surface area contributed by atoms with Gasteiger partial charge < -0.3 is 4.90 Å².